The summed E-state index contributed by atoms with van der Waals surface area (Å²) in [6.45, 7) is 4.50. The number of hydrogen-bond donors (Lipinski definition) is 0. The van der Waals surface area contributed by atoms with Gasteiger partial charge in [0.05, 0.1) is 14.2 Å². The lowest BCUT2D eigenvalue weighted by atomic mass is 9.89. The average molecular weight is 250 g/mol. The Morgan fingerprint density at radius 1 is 0.944 bits per heavy atom. The van der Waals surface area contributed by atoms with E-state index in [9.17, 15) is 0 Å². The van der Waals surface area contributed by atoms with Gasteiger partial charge in [0.2, 0.25) is 0 Å². The third-order valence-electron chi connectivity index (χ3n) is 3.42. The fourth-order valence-corrected chi connectivity index (χ4v) is 2.38. The van der Waals surface area contributed by atoms with Crippen molar-refractivity contribution in [3.63, 3.8) is 0 Å². The number of unbranched alkanes of at least 4 members (excludes halogenated alkanes) is 1. The quantitative estimate of drug-likeness (QED) is 0.661. The van der Waals surface area contributed by atoms with Crippen molar-refractivity contribution in [2.45, 2.75) is 51.9 Å². The van der Waals surface area contributed by atoms with Crippen LogP contribution in [-0.2, 0) is 0 Å². The van der Waals surface area contributed by atoms with Gasteiger partial charge in [0.15, 0.2) is 11.5 Å². The minimum absolute atomic E-state index is 0.648. The van der Waals surface area contributed by atoms with Gasteiger partial charge in [-0.1, -0.05) is 39.2 Å². The summed E-state index contributed by atoms with van der Waals surface area (Å²) in [7, 11) is 3.38. The maximum absolute atomic E-state index is 5.38. The highest BCUT2D eigenvalue weighted by Gasteiger charge is 2.13. The molecule has 0 radical (unpaired) electrons. The Bertz CT molecular complexity index is 347. The lowest BCUT2D eigenvalue weighted by Gasteiger charge is -2.18. The van der Waals surface area contributed by atoms with Crippen molar-refractivity contribution >= 4 is 0 Å². The van der Waals surface area contributed by atoms with Crippen molar-refractivity contribution in [1.29, 1.82) is 0 Å². The number of benzene rings is 1. The Labute approximate surface area is 111 Å². The zero-order chi connectivity index (χ0) is 13.4. The molecule has 0 heterocycles. The number of rotatable bonds is 8. The zero-order valence-corrected chi connectivity index (χ0v) is 12.2. The predicted octanol–water partition coefficient (Wildman–Crippen LogP) is 4.78. The molecule has 0 saturated heterocycles. The van der Waals surface area contributed by atoms with Crippen LogP contribution in [0.15, 0.2) is 18.2 Å². The first-order chi connectivity index (χ1) is 8.76. The van der Waals surface area contributed by atoms with Gasteiger partial charge in [-0.25, -0.2) is 0 Å². The van der Waals surface area contributed by atoms with Crippen LogP contribution in [0.3, 0.4) is 0 Å². The Morgan fingerprint density at radius 2 is 1.67 bits per heavy atom. The molecule has 1 aromatic rings. The highest BCUT2D eigenvalue weighted by atomic mass is 16.5. The highest BCUT2D eigenvalue weighted by Crippen LogP contribution is 2.34. The summed E-state index contributed by atoms with van der Waals surface area (Å²) in [6, 6.07) is 6.33. The van der Waals surface area contributed by atoms with Crippen molar-refractivity contribution in [3.8, 4) is 11.5 Å². The highest BCUT2D eigenvalue weighted by molar-refractivity contribution is 5.43. The van der Waals surface area contributed by atoms with Crippen LogP contribution in [0.2, 0.25) is 0 Å². The lowest BCUT2D eigenvalue weighted by Crippen LogP contribution is -2.00. The van der Waals surface area contributed by atoms with Gasteiger partial charge >= 0.3 is 0 Å². The van der Waals surface area contributed by atoms with Crippen molar-refractivity contribution in [2.75, 3.05) is 14.2 Å². The molecule has 0 aromatic heterocycles. The van der Waals surface area contributed by atoms with E-state index in [1.54, 1.807) is 14.2 Å². The molecule has 0 spiro atoms. The van der Waals surface area contributed by atoms with Crippen LogP contribution >= 0.6 is 0 Å². The van der Waals surface area contributed by atoms with E-state index in [1.165, 1.54) is 37.7 Å². The van der Waals surface area contributed by atoms with E-state index in [4.69, 9.17) is 9.47 Å². The summed E-state index contributed by atoms with van der Waals surface area (Å²) in [4.78, 5) is 0. The van der Waals surface area contributed by atoms with E-state index in [2.05, 4.69) is 26.0 Å². The summed E-state index contributed by atoms with van der Waals surface area (Å²) in [5, 5.41) is 0. The predicted molar refractivity (Wildman–Crippen MR) is 76.7 cm³/mol. The van der Waals surface area contributed by atoms with E-state index >= 15 is 0 Å². The van der Waals surface area contributed by atoms with Crippen LogP contribution in [-0.4, -0.2) is 14.2 Å². The van der Waals surface area contributed by atoms with Crippen LogP contribution in [0.25, 0.3) is 0 Å². The average Bonchev–Trinajstić information content (AvgIpc) is 2.42. The number of hydrogen-bond acceptors (Lipinski definition) is 2. The second kappa shape index (κ2) is 8.02. The largest absolute Gasteiger partial charge is 0.493 e. The van der Waals surface area contributed by atoms with Gasteiger partial charge in [0, 0.05) is 0 Å². The summed E-state index contributed by atoms with van der Waals surface area (Å²) in [5.41, 5.74) is 1.38. The fraction of sp³-hybridized carbons (Fsp3) is 0.625. The zero-order valence-electron chi connectivity index (χ0n) is 12.2. The minimum atomic E-state index is 0.648. The first-order valence-corrected chi connectivity index (χ1v) is 6.98. The summed E-state index contributed by atoms with van der Waals surface area (Å²) < 4.78 is 10.7. The maximum Gasteiger partial charge on any atom is 0.160 e. The molecule has 0 aliphatic carbocycles. The molecule has 18 heavy (non-hydrogen) atoms. The standard InChI is InChI=1S/C16H26O2/c1-5-7-9-13(8-6-2)14-10-11-15(17-3)16(12-14)18-4/h10-13H,5-9H2,1-4H3. The van der Waals surface area contributed by atoms with E-state index in [0.29, 0.717) is 5.92 Å². The molecular weight excluding hydrogens is 224 g/mol. The first kappa shape index (κ1) is 14.9. The molecule has 1 unspecified atom stereocenters. The van der Waals surface area contributed by atoms with Crippen LogP contribution in [0.5, 0.6) is 11.5 Å². The van der Waals surface area contributed by atoms with Crippen LogP contribution in [0.4, 0.5) is 0 Å². The third kappa shape index (κ3) is 3.94. The SMILES string of the molecule is CCCCC(CCC)c1ccc(OC)c(OC)c1. The fourth-order valence-electron chi connectivity index (χ4n) is 2.38. The van der Waals surface area contributed by atoms with Crippen LogP contribution in [0.1, 0.15) is 57.4 Å². The van der Waals surface area contributed by atoms with Crippen molar-refractivity contribution < 1.29 is 9.47 Å². The smallest absolute Gasteiger partial charge is 0.160 e. The lowest BCUT2D eigenvalue weighted by molar-refractivity contribution is 0.354. The summed E-state index contributed by atoms with van der Waals surface area (Å²) >= 11 is 0. The topological polar surface area (TPSA) is 18.5 Å². The maximum atomic E-state index is 5.38. The molecule has 0 bridgehead atoms. The Morgan fingerprint density at radius 3 is 2.22 bits per heavy atom. The van der Waals surface area contributed by atoms with Crippen LogP contribution in [0, 0.1) is 0 Å². The number of ether oxygens (including phenoxy) is 2. The van der Waals surface area contributed by atoms with Gasteiger partial charge < -0.3 is 9.47 Å². The Balaban J connectivity index is 2.89. The molecule has 0 N–H and O–H groups in total. The summed E-state index contributed by atoms with van der Waals surface area (Å²) in [5.74, 6) is 2.30. The van der Waals surface area contributed by atoms with Gasteiger partial charge in [0.25, 0.3) is 0 Å². The molecular formula is C16H26O2. The normalized spacial score (nSPS) is 12.2. The molecule has 0 amide bonds. The monoisotopic (exact) mass is 250 g/mol. The molecule has 1 aromatic carbocycles. The van der Waals surface area contributed by atoms with Crippen molar-refractivity contribution in [1.82, 2.24) is 0 Å². The summed E-state index contributed by atoms with van der Waals surface area (Å²) in [6.07, 6.45) is 6.28. The molecule has 0 aliphatic rings. The molecule has 0 fully saturated rings. The number of methoxy groups -OCH3 is 2. The molecule has 2 heteroatoms. The van der Waals surface area contributed by atoms with Gasteiger partial charge in [-0.2, -0.15) is 0 Å². The molecule has 0 aliphatic heterocycles. The third-order valence-corrected chi connectivity index (χ3v) is 3.42. The molecule has 102 valence electrons. The second-order valence-electron chi connectivity index (χ2n) is 4.74. The van der Waals surface area contributed by atoms with E-state index < -0.39 is 0 Å². The van der Waals surface area contributed by atoms with E-state index in [0.717, 1.165) is 11.5 Å². The van der Waals surface area contributed by atoms with Gasteiger partial charge in [-0.3, -0.25) is 0 Å². The molecule has 0 saturated carbocycles. The van der Waals surface area contributed by atoms with Crippen molar-refractivity contribution in [2.24, 2.45) is 0 Å². The molecule has 1 atom stereocenters. The Kier molecular flexibility index (Phi) is 6.63. The van der Waals surface area contributed by atoms with Crippen LogP contribution < -0.4 is 9.47 Å². The van der Waals surface area contributed by atoms with Gasteiger partial charge in [-0.05, 0) is 36.5 Å². The second-order valence-corrected chi connectivity index (χ2v) is 4.74. The van der Waals surface area contributed by atoms with E-state index in [1.807, 2.05) is 6.07 Å². The first-order valence-electron chi connectivity index (χ1n) is 6.98. The molecule has 1 rings (SSSR count). The van der Waals surface area contributed by atoms with Gasteiger partial charge in [0.1, 0.15) is 0 Å². The van der Waals surface area contributed by atoms with E-state index in [-0.39, 0.29) is 0 Å². The van der Waals surface area contributed by atoms with Gasteiger partial charge in [-0.15, -0.1) is 0 Å². The molecule has 2 nitrogen and oxygen atoms in total. The Hall–Kier alpha value is -1.18. The van der Waals surface area contributed by atoms with Crippen molar-refractivity contribution in [3.05, 3.63) is 23.8 Å². The minimum Gasteiger partial charge on any atom is -0.493 e.